The number of guanidine groups is 1. The average Bonchev–Trinajstić information content (AvgIpc) is 3.34. The lowest BCUT2D eigenvalue weighted by Crippen LogP contribution is -2.44. The van der Waals surface area contributed by atoms with Crippen LogP contribution in [0.1, 0.15) is 38.5 Å². The van der Waals surface area contributed by atoms with Crippen LogP contribution in [-0.4, -0.2) is 88.2 Å². The van der Waals surface area contributed by atoms with Crippen LogP contribution in [0, 0.1) is 5.92 Å². The first-order chi connectivity index (χ1) is 12.6. The topological polar surface area (TPSA) is 69.2 Å². The minimum absolute atomic E-state index is 0.0677. The number of hydrogen-bond donors (Lipinski definition) is 2. The van der Waals surface area contributed by atoms with E-state index in [4.69, 9.17) is 4.74 Å². The fourth-order valence-corrected chi connectivity index (χ4v) is 3.30. The molecule has 1 aliphatic carbocycles. The molecular formula is C19H37N5O2. The molecule has 1 saturated heterocycles. The van der Waals surface area contributed by atoms with Crippen LogP contribution in [0.5, 0.6) is 0 Å². The molecule has 1 unspecified atom stereocenters. The van der Waals surface area contributed by atoms with E-state index in [1.165, 1.54) is 12.8 Å². The molecule has 0 aromatic rings. The van der Waals surface area contributed by atoms with Crippen molar-refractivity contribution in [1.82, 2.24) is 20.4 Å². The summed E-state index contributed by atoms with van der Waals surface area (Å²) in [4.78, 5) is 20.5. The zero-order valence-corrected chi connectivity index (χ0v) is 16.8. The Hall–Kier alpha value is -1.34. The summed E-state index contributed by atoms with van der Waals surface area (Å²) in [7, 11) is 5.48. The molecule has 26 heavy (non-hydrogen) atoms. The zero-order chi connectivity index (χ0) is 18.8. The van der Waals surface area contributed by atoms with Crippen molar-refractivity contribution in [3.8, 4) is 0 Å². The van der Waals surface area contributed by atoms with Gasteiger partial charge < -0.3 is 20.3 Å². The molecule has 1 atom stereocenters. The van der Waals surface area contributed by atoms with Crippen LogP contribution in [0.4, 0.5) is 0 Å². The molecule has 0 aromatic heterocycles. The standard InChI is InChI=1S/C19H37N5O2/c1-20-19(22-11-6-14-26-15-16-8-9-16)21-10-5-13-24-12-4-7-17(24)18(25)23(2)3/h16-17H,4-15H2,1-3H3,(H2,20,21,22). The molecule has 150 valence electrons. The van der Waals surface area contributed by atoms with Crippen molar-refractivity contribution in [1.29, 1.82) is 0 Å². The first kappa shape index (κ1) is 21.0. The third-order valence-corrected chi connectivity index (χ3v) is 5.04. The highest BCUT2D eigenvalue weighted by Crippen LogP contribution is 2.28. The molecule has 1 amide bonds. The Kier molecular flexibility index (Phi) is 9.18. The highest BCUT2D eigenvalue weighted by atomic mass is 16.5. The van der Waals surface area contributed by atoms with Crippen LogP contribution in [0.25, 0.3) is 0 Å². The minimum Gasteiger partial charge on any atom is -0.381 e. The van der Waals surface area contributed by atoms with Crippen LogP contribution in [0.15, 0.2) is 4.99 Å². The molecule has 2 N–H and O–H groups in total. The van der Waals surface area contributed by atoms with Gasteiger partial charge in [0.1, 0.15) is 0 Å². The van der Waals surface area contributed by atoms with Crippen molar-refractivity contribution in [2.24, 2.45) is 10.9 Å². The van der Waals surface area contributed by atoms with Crippen molar-refractivity contribution in [3.63, 3.8) is 0 Å². The predicted molar refractivity (Wildman–Crippen MR) is 105 cm³/mol. The third-order valence-electron chi connectivity index (χ3n) is 5.04. The number of aliphatic imine (C=N–C) groups is 1. The zero-order valence-electron chi connectivity index (χ0n) is 16.8. The summed E-state index contributed by atoms with van der Waals surface area (Å²) in [5, 5.41) is 6.68. The molecule has 2 aliphatic rings. The van der Waals surface area contributed by atoms with Gasteiger partial charge in [0.2, 0.25) is 5.91 Å². The summed E-state index contributed by atoms with van der Waals surface area (Å²) in [5.74, 6) is 1.91. The van der Waals surface area contributed by atoms with Gasteiger partial charge in [0, 0.05) is 54.0 Å². The second-order valence-electron chi connectivity index (χ2n) is 7.58. The van der Waals surface area contributed by atoms with Gasteiger partial charge >= 0.3 is 0 Å². The Labute approximate surface area is 158 Å². The van der Waals surface area contributed by atoms with Gasteiger partial charge in [-0.05, 0) is 51.0 Å². The summed E-state index contributed by atoms with van der Waals surface area (Å²) >= 11 is 0. The molecule has 1 saturated carbocycles. The Bertz CT molecular complexity index is 451. The highest BCUT2D eigenvalue weighted by molar-refractivity contribution is 5.81. The lowest BCUT2D eigenvalue weighted by molar-refractivity contribution is -0.133. The number of likely N-dealkylation sites (tertiary alicyclic amines) is 1. The second kappa shape index (κ2) is 11.4. The summed E-state index contributed by atoms with van der Waals surface area (Å²) in [5.41, 5.74) is 0. The van der Waals surface area contributed by atoms with E-state index in [-0.39, 0.29) is 11.9 Å². The first-order valence-corrected chi connectivity index (χ1v) is 10.1. The van der Waals surface area contributed by atoms with E-state index in [0.29, 0.717) is 0 Å². The summed E-state index contributed by atoms with van der Waals surface area (Å²) in [6.45, 7) is 5.45. The molecule has 2 rings (SSSR count). The maximum atomic E-state index is 12.2. The van der Waals surface area contributed by atoms with E-state index >= 15 is 0 Å². The van der Waals surface area contributed by atoms with Crippen LogP contribution in [-0.2, 0) is 9.53 Å². The van der Waals surface area contributed by atoms with E-state index < -0.39 is 0 Å². The fourth-order valence-electron chi connectivity index (χ4n) is 3.30. The number of carbonyl (C=O) groups excluding carboxylic acids is 1. The monoisotopic (exact) mass is 367 g/mol. The quantitative estimate of drug-likeness (QED) is 0.323. The van der Waals surface area contributed by atoms with E-state index in [0.717, 1.165) is 77.0 Å². The lowest BCUT2D eigenvalue weighted by Gasteiger charge is -2.26. The van der Waals surface area contributed by atoms with Gasteiger partial charge in [-0.3, -0.25) is 14.7 Å². The maximum absolute atomic E-state index is 12.2. The number of nitrogens with zero attached hydrogens (tertiary/aromatic N) is 3. The summed E-state index contributed by atoms with van der Waals surface area (Å²) < 4.78 is 5.64. The largest absolute Gasteiger partial charge is 0.381 e. The van der Waals surface area contributed by atoms with Crippen LogP contribution in [0.3, 0.4) is 0 Å². The van der Waals surface area contributed by atoms with Crippen LogP contribution >= 0.6 is 0 Å². The number of amides is 1. The van der Waals surface area contributed by atoms with E-state index in [1.807, 2.05) is 14.1 Å². The van der Waals surface area contributed by atoms with Gasteiger partial charge in [-0.1, -0.05) is 0 Å². The number of carbonyl (C=O) groups is 1. The second-order valence-corrected chi connectivity index (χ2v) is 7.58. The Morgan fingerprint density at radius 2 is 1.92 bits per heavy atom. The van der Waals surface area contributed by atoms with Gasteiger partial charge in [0.25, 0.3) is 0 Å². The van der Waals surface area contributed by atoms with Gasteiger partial charge in [-0.25, -0.2) is 0 Å². The van der Waals surface area contributed by atoms with E-state index in [1.54, 1.807) is 11.9 Å². The minimum atomic E-state index is 0.0677. The average molecular weight is 368 g/mol. The highest BCUT2D eigenvalue weighted by Gasteiger charge is 2.30. The van der Waals surface area contributed by atoms with Gasteiger partial charge in [-0.15, -0.1) is 0 Å². The molecule has 0 aromatic carbocycles. The first-order valence-electron chi connectivity index (χ1n) is 10.1. The number of likely N-dealkylation sites (N-methyl/N-ethyl adjacent to an activating group) is 1. The molecule has 1 aliphatic heterocycles. The van der Waals surface area contributed by atoms with Gasteiger partial charge in [0.15, 0.2) is 5.96 Å². The molecule has 0 spiro atoms. The van der Waals surface area contributed by atoms with E-state index in [2.05, 4.69) is 20.5 Å². The smallest absolute Gasteiger partial charge is 0.239 e. The Morgan fingerprint density at radius 3 is 2.58 bits per heavy atom. The fraction of sp³-hybridized carbons (Fsp3) is 0.895. The van der Waals surface area contributed by atoms with Crippen LogP contribution in [0.2, 0.25) is 0 Å². The van der Waals surface area contributed by atoms with Crippen molar-refractivity contribution < 1.29 is 9.53 Å². The SMILES string of the molecule is CN=C(NCCCOCC1CC1)NCCCN1CCCC1C(=O)N(C)C. The third kappa shape index (κ3) is 7.50. The van der Waals surface area contributed by atoms with Gasteiger partial charge in [0.05, 0.1) is 6.04 Å². The predicted octanol–water partition coefficient (Wildman–Crippen LogP) is 0.911. The van der Waals surface area contributed by atoms with Crippen molar-refractivity contribution in [2.75, 3.05) is 60.5 Å². The summed E-state index contributed by atoms with van der Waals surface area (Å²) in [6.07, 6.45) is 6.78. The molecule has 2 fully saturated rings. The number of hydrogen-bond acceptors (Lipinski definition) is 4. The molecule has 1 heterocycles. The van der Waals surface area contributed by atoms with Crippen molar-refractivity contribution in [2.45, 2.75) is 44.6 Å². The van der Waals surface area contributed by atoms with Gasteiger partial charge in [-0.2, -0.15) is 0 Å². The molecular weight excluding hydrogens is 330 g/mol. The molecule has 0 bridgehead atoms. The summed E-state index contributed by atoms with van der Waals surface area (Å²) in [6, 6.07) is 0.0677. The lowest BCUT2D eigenvalue weighted by atomic mass is 10.2. The van der Waals surface area contributed by atoms with Crippen molar-refractivity contribution >= 4 is 11.9 Å². The molecule has 7 nitrogen and oxygen atoms in total. The van der Waals surface area contributed by atoms with E-state index in [9.17, 15) is 4.79 Å². The van der Waals surface area contributed by atoms with Crippen LogP contribution < -0.4 is 10.6 Å². The Morgan fingerprint density at radius 1 is 1.19 bits per heavy atom. The Balaban J connectivity index is 1.52. The number of rotatable bonds is 11. The number of ether oxygens (including phenoxy) is 1. The van der Waals surface area contributed by atoms with Crippen molar-refractivity contribution in [3.05, 3.63) is 0 Å². The molecule has 0 radical (unpaired) electrons. The maximum Gasteiger partial charge on any atom is 0.239 e. The molecule has 7 heteroatoms. The normalized spacial score (nSPS) is 21.0. The number of nitrogens with one attached hydrogen (secondary N) is 2.